The molecule has 0 bridgehead atoms. The first kappa shape index (κ1) is 26.3. The molecule has 0 spiro atoms. The lowest BCUT2D eigenvalue weighted by Gasteiger charge is -2.43. The second kappa shape index (κ2) is 13.5. The number of aliphatic imine (C=N–C) groups is 1. The summed E-state index contributed by atoms with van der Waals surface area (Å²) in [6.45, 7) is 7.96. The lowest BCUT2D eigenvalue weighted by atomic mass is 9.95. The molecular formula is C28H36N4O3S. The first-order valence-corrected chi connectivity index (χ1v) is 13.6. The van der Waals surface area contributed by atoms with Crippen molar-refractivity contribution >= 4 is 22.8 Å². The van der Waals surface area contributed by atoms with Gasteiger partial charge in [-0.2, -0.15) is 0 Å². The van der Waals surface area contributed by atoms with Gasteiger partial charge >= 0.3 is 0 Å². The van der Waals surface area contributed by atoms with Gasteiger partial charge in [-0.05, 0) is 49.6 Å². The van der Waals surface area contributed by atoms with Crippen molar-refractivity contribution in [2.24, 2.45) is 4.99 Å². The van der Waals surface area contributed by atoms with Crippen LogP contribution in [0.2, 0.25) is 0 Å². The van der Waals surface area contributed by atoms with Crippen LogP contribution in [-0.4, -0.2) is 55.5 Å². The summed E-state index contributed by atoms with van der Waals surface area (Å²) in [5, 5.41) is 8.92. The fraction of sp³-hybridized carbons (Fsp3) is 0.429. The molecule has 2 aliphatic rings. The molecule has 0 fully saturated rings. The standard InChI is InChI=1S/C28H36N4O3S/c1-3-34-19-11-17-29-28-30-24(21-13-7-5-8-14-21)23-26(36-28)31-25(22-15-9-6-10-16-22)32(27(23)33)18-12-20-35-4-2/h5-10,13-16,24-25,31H,3-4,11-12,17-20H2,1-2H3,(H,29,30)/t24-,25+/m1/s1. The molecule has 1 amide bonds. The summed E-state index contributed by atoms with van der Waals surface area (Å²) in [5.41, 5.74) is 2.83. The quantitative estimate of drug-likeness (QED) is 0.408. The molecule has 0 aromatic heterocycles. The fourth-order valence-corrected chi connectivity index (χ4v) is 5.40. The van der Waals surface area contributed by atoms with Crippen molar-refractivity contribution in [3.05, 3.63) is 82.4 Å². The zero-order valence-electron chi connectivity index (χ0n) is 21.1. The SMILES string of the molecule is CCOCCCN=C1N[C@H](c2ccccc2)C2=C(N[C@H](c3ccccc3)N(CCCOCC)C2=O)S1. The maximum Gasteiger partial charge on any atom is 0.256 e. The molecule has 36 heavy (non-hydrogen) atoms. The largest absolute Gasteiger partial charge is 0.382 e. The highest BCUT2D eigenvalue weighted by atomic mass is 32.2. The van der Waals surface area contributed by atoms with Gasteiger partial charge in [0.1, 0.15) is 6.17 Å². The third kappa shape index (κ3) is 6.49. The Morgan fingerprint density at radius 1 is 0.889 bits per heavy atom. The maximum absolute atomic E-state index is 14.1. The molecule has 2 aromatic carbocycles. The Morgan fingerprint density at radius 3 is 2.19 bits per heavy atom. The lowest BCUT2D eigenvalue weighted by molar-refractivity contribution is -0.131. The molecule has 0 radical (unpaired) electrons. The highest BCUT2D eigenvalue weighted by Crippen LogP contribution is 2.41. The van der Waals surface area contributed by atoms with Crippen LogP contribution in [0.25, 0.3) is 0 Å². The lowest BCUT2D eigenvalue weighted by Crippen LogP contribution is -2.52. The third-order valence-electron chi connectivity index (χ3n) is 6.12. The Bertz CT molecular complexity index is 1050. The van der Waals surface area contributed by atoms with Crippen molar-refractivity contribution in [2.45, 2.75) is 38.9 Å². The molecule has 2 atom stereocenters. The van der Waals surface area contributed by atoms with Crippen LogP contribution >= 0.6 is 11.8 Å². The Labute approximate surface area is 218 Å². The zero-order chi connectivity index (χ0) is 25.2. The molecular weight excluding hydrogens is 472 g/mol. The van der Waals surface area contributed by atoms with Gasteiger partial charge in [-0.15, -0.1) is 0 Å². The summed E-state index contributed by atoms with van der Waals surface area (Å²) < 4.78 is 11.0. The maximum atomic E-state index is 14.1. The van der Waals surface area contributed by atoms with E-state index in [4.69, 9.17) is 14.5 Å². The van der Waals surface area contributed by atoms with Crippen molar-refractivity contribution in [3.63, 3.8) is 0 Å². The van der Waals surface area contributed by atoms with Gasteiger partial charge in [0.05, 0.1) is 16.6 Å². The minimum atomic E-state index is -0.279. The van der Waals surface area contributed by atoms with Gasteiger partial charge in [0.2, 0.25) is 0 Å². The molecule has 2 aliphatic heterocycles. The molecule has 0 unspecified atom stereocenters. The van der Waals surface area contributed by atoms with E-state index in [-0.39, 0.29) is 18.1 Å². The summed E-state index contributed by atoms with van der Waals surface area (Å²) in [6.07, 6.45) is 1.38. The number of thioether (sulfide) groups is 1. The van der Waals surface area contributed by atoms with Crippen LogP contribution in [0.3, 0.4) is 0 Å². The summed E-state index contributed by atoms with van der Waals surface area (Å²) in [4.78, 5) is 20.9. The van der Waals surface area contributed by atoms with Gasteiger partial charge in [0, 0.05) is 39.5 Å². The fourth-order valence-electron chi connectivity index (χ4n) is 4.39. The molecule has 192 valence electrons. The van der Waals surface area contributed by atoms with E-state index in [0.29, 0.717) is 39.5 Å². The molecule has 0 aliphatic carbocycles. The number of amidine groups is 1. The predicted octanol–water partition coefficient (Wildman–Crippen LogP) is 4.62. The highest BCUT2D eigenvalue weighted by molar-refractivity contribution is 8.17. The van der Waals surface area contributed by atoms with Crippen molar-refractivity contribution in [2.75, 3.05) is 39.5 Å². The summed E-state index contributed by atoms with van der Waals surface area (Å²) in [7, 11) is 0. The van der Waals surface area contributed by atoms with Crippen LogP contribution in [0.5, 0.6) is 0 Å². The molecule has 2 N–H and O–H groups in total. The minimum Gasteiger partial charge on any atom is -0.382 e. The van der Waals surface area contributed by atoms with Crippen LogP contribution in [0.1, 0.15) is 50.0 Å². The number of carbonyl (C=O) groups is 1. The van der Waals surface area contributed by atoms with Gasteiger partial charge in [0.15, 0.2) is 5.17 Å². The van der Waals surface area contributed by atoms with Gasteiger partial charge in [-0.3, -0.25) is 9.79 Å². The van der Waals surface area contributed by atoms with Crippen molar-refractivity contribution in [1.29, 1.82) is 0 Å². The Morgan fingerprint density at radius 2 is 1.53 bits per heavy atom. The van der Waals surface area contributed by atoms with Crippen LogP contribution in [0, 0.1) is 0 Å². The molecule has 2 heterocycles. The predicted molar refractivity (Wildman–Crippen MR) is 145 cm³/mol. The third-order valence-corrected chi connectivity index (χ3v) is 7.10. The van der Waals surface area contributed by atoms with E-state index in [0.717, 1.165) is 39.7 Å². The minimum absolute atomic E-state index is 0.0401. The Balaban J connectivity index is 1.66. The number of amides is 1. The average molecular weight is 509 g/mol. The summed E-state index contributed by atoms with van der Waals surface area (Å²) in [6, 6.07) is 20.0. The van der Waals surface area contributed by atoms with Crippen molar-refractivity contribution in [1.82, 2.24) is 15.5 Å². The van der Waals surface area contributed by atoms with E-state index < -0.39 is 0 Å². The number of nitrogens with one attached hydrogen (secondary N) is 2. The average Bonchev–Trinajstić information content (AvgIpc) is 2.92. The monoisotopic (exact) mass is 508 g/mol. The van der Waals surface area contributed by atoms with Gasteiger partial charge in [-0.25, -0.2) is 0 Å². The number of benzene rings is 2. The second-order valence-electron chi connectivity index (χ2n) is 8.58. The van der Waals surface area contributed by atoms with Crippen molar-refractivity contribution in [3.8, 4) is 0 Å². The van der Waals surface area contributed by atoms with Crippen LogP contribution < -0.4 is 10.6 Å². The zero-order valence-corrected chi connectivity index (χ0v) is 21.9. The Hall–Kier alpha value is -2.81. The van der Waals surface area contributed by atoms with E-state index in [2.05, 4.69) is 34.9 Å². The second-order valence-corrected chi connectivity index (χ2v) is 9.58. The summed E-state index contributed by atoms with van der Waals surface area (Å²) >= 11 is 1.51. The van der Waals surface area contributed by atoms with Crippen LogP contribution in [-0.2, 0) is 14.3 Å². The van der Waals surface area contributed by atoms with Gasteiger partial charge < -0.3 is 25.0 Å². The topological polar surface area (TPSA) is 75.2 Å². The Kier molecular flexibility index (Phi) is 9.84. The van der Waals surface area contributed by atoms with E-state index in [1.165, 1.54) is 11.8 Å². The number of rotatable bonds is 12. The number of hydrogen-bond acceptors (Lipinski definition) is 6. The van der Waals surface area contributed by atoms with Gasteiger partial charge in [-0.1, -0.05) is 60.7 Å². The van der Waals surface area contributed by atoms with E-state index in [1.54, 1.807) is 0 Å². The smallest absolute Gasteiger partial charge is 0.256 e. The van der Waals surface area contributed by atoms with Crippen LogP contribution in [0.4, 0.5) is 0 Å². The summed E-state index contributed by atoms with van der Waals surface area (Å²) in [5.74, 6) is 0.0401. The van der Waals surface area contributed by atoms with E-state index in [1.807, 2.05) is 55.1 Å². The van der Waals surface area contributed by atoms with Crippen LogP contribution in [0.15, 0.2) is 76.3 Å². The molecule has 8 heteroatoms. The number of hydrogen-bond donors (Lipinski definition) is 2. The number of nitrogens with zero attached hydrogens (tertiary/aromatic N) is 2. The first-order valence-electron chi connectivity index (χ1n) is 12.8. The molecule has 4 rings (SSSR count). The van der Waals surface area contributed by atoms with E-state index in [9.17, 15) is 4.79 Å². The number of carbonyl (C=O) groups excluding carboxylic acids is 1. The highest BCUT2D eigenvalue weighted by Gasteiger charge is 2.41. The van der Waals surface area contributed by atoms with E-state index >= 15 is 0 Å². The molecule has 2 aromatic rings. The number of ether oxygens (including phenoxy) is 2. The van der Waals surface area contributed by atoms with Gasteiger partial charge in [0.25, 0.3) is 5.91 Å². The molecule has 0 saturated heterocycles. The first-order chi connectivity index (χ1) is 17.7. The molecule has 7 nitrogen and oxygen atoms in total. The van der Waals surface area contributed by atoms with Crippen molar-refractivity contribution < 1.29 is 14.3 Å². The molecule has 0 saturated carbocycles. The normalized spacial score (nSPS) is 20.8.